The summed E-state index contributed by atoms with van der Waals surface area (Å²) < 4.78 is 10.5. The molecule has 124 valence electrons. The molecular weight excluding hydrogens is 349 g/mol. The molecule has 0 radical (unpaired) electrons. The van der Waals surface area contributed by atoms with E-state index in [4.69, 9.17) is 20.6 Å². The molecule has 0 aliphatic rings. The number of thiazole rings is 1. The van der Waals surface area contributed by atoms with Gasteiger partial charge in [0.2, 0.25) is 0 Å². The van der Waals surface area contributed by atoms with Gasteiger partial charge in [0.1, 0.15) is 11.5 Å². The third-order valence-electron chi connectivity index (χ3n) is 2.45. The van der Waals surface area contributed by atoms with Gasteiger partial charge in [-0.1, -0.05) is 11.3 Å². The van der Waals surface area contributed by atoms with Gasteiger partial charge in [-0.3, -0.25) is 0 Å². The van der Waals surface area contributed by atoms with Crippen molar-refractivity contribution < 1.29 is 9.15 Å². The van der Waals surface area contributed by atoms with Gasteiger partial charge in [-0.25, -0.2) is 9.98 Å². The summed E-state index contributed by atoms with van der Waals surface area (Å²) in [5.41, 5.74) is 11.9. The quantitative estimate of drug-likeness (QED) is 0.392. The van der Waals surface area contributed by atoms with Crippen molar-refractivity contribution in [3.05, 3.63) is 17.9 Å². The second-order valence-electron chi connectivity index (χ2n) is 3.88. The maximum Gasteiger partial charge on any atom is 0.182 e. The van der Waals surface area contributed by atoms with E-state index in [0.717, 1.165) is 0 Å². The average Bonchev–Trinajstić information content (AvgIpc) is 3.04. The molecule has 5 N–H and O–H groups in total. The Morgan fingerprint density at radius 3 is 2.86 bits per heavy atom. The Morgan fingerprint density at radius 2 is 2.23 bits per heavy atom. The fraction of sp³-hybridized carbons (Fsp3) is 0.333. The predicted octanol–water partition coefficient (Wildman–Crippen LogP) is 2.18. The molecule has 0 unspecified atom stereocenters. The zero-order valence-corrected chi connectivity index (χ0v) is 14.4. The van der Waals surface area contributed by atoms with Gasteiger partial charge in [0, 0.05) is 13.7 Å². The number of furan rings is 1. The number of ether oxygens (including phenoxy) is 1. The summed E-state index contributed by atoms with van der Waals surface area (Å²) in [6.45, 7) is 1.64. The van der Waals surface area contributed by atoms with Gasteiger partial charge >= 0.3 is 0 Å². The van der Waals surface area contributed by atoms with Crippen LogP contribution in [0.5, 0.6) is 0 Å². The summed E-state index contributed by atoms with van der Waals surface area (Å²) in [7, 11) is 1.65. The van der Waals surface area contributed by atoms with Gasteiger partial charge in [-0.05, 0) is 12.1 Å². The molecule has 2 heterocycles. The molecule has 7 nitrogen and oxygen atoms in total. The molecule has 2 aromatic heterocycles. The van der Waals surface area contributed by atoms with E-state index in [0.29, 0.717) is 47.0 Å². The lowest BCUT2D eigenvalue weighted by Gasteiger charge is -1.97. The average molecular weight is 368 g/mol. The van der Waals surface area contributed by atoms with Crippen LogP contribution < -0.4 is 16.8 Å². The Hall–Kier alpha value is -1.32. The van der Waals surface area contributed by atoms with Crippen LogP contribution in [0.25, 0.3) is 11.5 Å². The number of halogens is 2. The molecule has 0 atom stereocenters. The minimum atomic E-state index is 0. The van der Waals surface area contributed by atoms with Crippen molar-refractivity contribution in [3.8, 4) is 11.5 Å². The molecule has 0 aromatic carbocycles. The van der Waals surface area contributed by atoms with E-state index in [-0.39, 0.29) is 24.8 Å². The van der Waals surface area contributed by atoms with E-state index in [9.17, 15) is 0 Å². The molecule has 0 bridgehead atoms. The van der Waals surface area contributed by atoms with E-state index in [2.05, 4.69) is 15.3 Å². The smallest absolute Gasteiger partial charge is 0.182 e. The lowest BCUT2D eigenvalue weighted by Crippen LogP contribution is -2.16. The van der Waals surface area contributed by atoms with Crippen LogP contribution >= 0.6 is 36.2 Å². The van der Waals surface area contributed by atoms with E-state index >= 15 is 0 Å². The molecule has 0 amide bonds. The minimum Gasteiger partial charge on any atom is -0.458 e. The van der Waals surface area contributed by atoms with Crippen molar-refractivity contribution in [3.63, 3.8) is 0 Å². The molecule has 0 fully saturated rings. The lowest BCUT2D eigenvalue weighted by molar-refractivity contribution is 0.204. The summed E-state index contributed by atoms with van der Waals surface area (Å²) in [6.07, 6.45) is 1.60. The van der Waals surface area contributed by atoms with E-state index in [1.165, 1.54) is 11.3 Å². The van der Waals surface area contributed by atoms with Crippen LogP contribution in [0.2, 0.25) is 0 Å². The van der Waals surface area contributed by atoms with Gasteiger partial charge < -0.3 is 25.9 Å². The van der Waals surface area contributed by atoms with Crippen LogP contribution in [0.15, 0.2) is 21.5 Å². The number of aromatic nitrogens is 1. The van der Waals surface area contributed by atoms with E-state index in [1.807, 2.05) is 12.1 Å². The van der Waals surface area contributed by atoms with Crippen LogP contribution in [-0.2, 0) is 11.3 Å². The first kappa shape index (κ1) is 20.7. The largest absolute Gasteiger partial charge is 0.458 e. The molecule has 2 rings (SSSR count). The summed E-state index contributed by atoms with van der Waals surface area (Å²) >= 11 is 1.30. The lowest BCUT2D eigenvalue weighted by atomic mass is 10.3. The molecule has 10 heteroatoms. The Balaban J connectivity index is 0.00000220. The first-order valence-electron chi connectivity index (χ1n) is 6.05. The van der Waals surface area contributed by atoms with Crippen LogP contribution in [0.3, 0.4) is 0 Å². The first-order valence-corrected chi connectivity index (χ1v) is 6.86. The fourth-order valence-electron chi connectivity index (χ4n) is 1.52. The number of nitrogens with zero attached hydrogens (tertiary/aromatic N) is 2. The maximum absolute atomic E-state index is 5.73. The highest BCUT2D eigenvalue weighted by Crippen LogP contribution is 2.37. The van der Waals surface area contributed by atoms with Gasteiger partial charge in [-0.15, -0.1) is 24.8 Å². The van der Waals surface area contributed by atoms with Gasteiger partial charge in [0.15, 0.2) is 15.9 Å². The highest BCUT2D eigenvalue weighted by molar-refractivity contribution is 7.19. The summed E-state index contributed by atoms with van der Waals surface area (Å²) in [6, 6.07) is 3.63. The second-order valence-corrected chi connectivity index (χ2v) is 4.89. The molecule has 0 spiro atoms. The summed E-state index contributed by atoms with van der Waals surface area (Å²) in [5, 5.41) is 4.13. The molecule has 0 aliphatic carbocycles. The summed E-state index contributed by atoms with van der Waals surface area (Å²) in [4.78, 5) is 8.54. The van der Waals surface area contributed by atoms with Crippen molar-refractivity contribution >= 4 is 52.6 Å². The van der Waals surface area contributed by atoms with Gasteiger partial charge in [0.25, 0.3) is 0 Å². The second kappa shape index (κ2) is 10.4. The maximum atomic E-state index is 5.73. The van der Waals surface area contributed by atoms with Gasteiger partial charge in [-0.2, -0.15) is 0 Å². The molecule has 0 aliphatic heterocycles. The monoisotopic (exact) mass is 367 g/mol. The first-order chi connectivity index (χ1) is 9.74. The number of nitrogens with one attached hydrogen (secondary N) is 1. The number of methoxy groups -OCH3 is 1. The SMILES string of the molecule is COCCNC=Nc1sc(N)nc1-c1ccc(CN)o1.Cl.Cl. The molecule has 2 aromatic rings. The van der Waals surface area contributed by atoms with Crippen LogP contribution in [-0.4, -0.2) is 31.6 Å². The molecule has 0 saturated heterocycles. The van der Waals surface area contributed by atoms with Crippen molar-refractivity contribution in [2.45, 2.75) is 6.54 Å². The number of anilines is 1. The Labute approximate surface area is 145 Å². The number of rotatable bonds is 7. The van der Waals surface area contributed by atoms with E-state index in [1.54, 1.807) is 13.4 Å². The highest BCUT2D eigenvalue weighted by atomic mass is 35.5. The normalized spacial score (nSPS) is 10.3. The van der Waals surface area contributed by atoms with Crippen molar-refractivity contribution in [1.29, 1.82) is 0 Å². The minimum absolute atomic E-state index is 0. The molecular formula is C12H19Cl2N5O2S. The number of nitrogen functional groups attached to an aromatic ring is 1. The standard InChI is InChI=1S/C12H17N5O2S.2ClH/c1-18-5-4-15-7-16-11-10(17-12(14)20-11)9-3-2-8(6-13)19-9;;/h2-3,7H,4-6,13H2,1H3,(H2,14,17)(H,15,16);2*1H. The van der Waals surface area contributed by atoms with Crippen LogP contribution in [0, 0.1) is 0 Å². The third kappa shape index (κ3) is 5.47. The topological polar surface area (TPSA) is 112 Å². The Kier molecular flexibility index (Phi) is 9.79. The zero-order valence-electron chi connectivity index (χ0n) is 11.9. The van der Waals surface area contributed by atoms with Crippen LogP contribution in [0.1, 0.15) is 5.76 Å². The number of aliphatic imine (C=N–C) groups is 1. The molecule has 22 heavy (non-hydrogen) atoms. The third-order valence-corrected chi connectivity index (χ3v) is 3.24. The number of hydrogen-bond acceptors (Lipinski definition) is 7. The van der Waals surface area contributed by atoms with Crippen molar-refractivity contribution in [2.75, 3.05) is 26.0 Å². The summed E-state index contributed by atoms with van der Waals surface area (Å²) in [5.74, 6) is 1.31. The predicted molar refractivity (Wildman–Crippen MR) is 94.6 cm³/mol. The highest BCUT2D eigenvalue weighted by Gasteiger charge is 2.14. The Bertz CT molecular complexity index is 588. The van der Waals surface area contributed by atoms with E-state index < -0.39 is 0 Å². The Morgan fingerprint density at radius 1 is 1.45 bits per heavy atom. The van der Waals surface area contributed by atoms with Crippen molar-refractivity contribution in [2.24, 2.45) is 10.7 Å². The van der Waals surface area contributed by atoms with Gasteiger partial charge in [0.05, 0.1) is 19.5 Å². The molecule has 0 saturated carbocycles. The van der Waals surface area contributed by atoms with Crippen LogP contribution in [0.4, 0.5) is 10.1 Å². The number of hydrogen-bond donors (Lipinski definition) is 3. The number of nitrogens with two attached hydrogens (primary N) is 2. The fourth-order valence-corrected chi connectivity index (χ4v) is 2.20. The van der Waals surface area contributed by atoms with Crippen molar-refractivity contribution in [1.82, 2.24) is 10.3 Å². The zero-order chi connectivity index (χ0) is 14.4.